The molecule has 0 saturated carbocycles. The zero-order valence-corrected chi connectivity index (χ0v) is 14.8. The molecule has 12 heteroatoms. The van der Waals surface area contributed by atoms with Gasteiger partial charge in [0.05, 0.1) is 21.6 Å². The first-order valence-electron chi connectivity index (χ1n) is 7.95. The number of aromatic nitrogens is 3. The predicted octanol–water partition coefficient (Wildman–Crippen LogP) is 3.95. The van der Waals surface area contributed by atoms with Crippen molar-refractivity contribution in [1.29, 1.82) is 0 Å². The van der Waals surface area contributed by atoms with Crippen molar-refractivity contribution in [2.45, 2.75) is 38.2 Å². The summed E-state index contributed by atoms with van der Waals surface area (Å²) in [5, 5.41) is 17.9. The molecule has 3 rings (SSSR count). The van der Waals surface area contributed by atoms with Crippen LogP contribution in [0, 0.1) is 10.1 Å². The third kappa shape index (κ3) is 3.98. The number of hydrogen-bond acceptors (Lipinski definition) is 6. The normalized spacial score (nSPS) is 16.9. The maximum absolute atomic E-state index is 13.0. The highest BCUT2D eigenvalue weighted by Gasteiger charge is 2.36. The molecule has 1 aromatic heterocycles. The van der Waals surface area contributed by atoms with E-state index in [0.717, 1.165) is 12.5 Å². The molecule has 0 bridgehead atoms. The Bertz CT molecular complexity index is 871. The van der Waals surface area contributed by atoms with E-state index in [1.165, 1.54) is 7.11 Å². The Kier molecular flexibility index (Phi) is 5.24. The molecule has 146 valence electrons. The van der Waals surface area contributed by atoms with Gasteiger partial charge in [0, 0.05) is 19.7 Å². The lowest BCUT2D eigenvalue weighted by atomic mass is 10.1. The van der Waals surface area contributed by atoms with Crippen LogP contribution in [0.5, 0.6) is 0 Å². The number of nitrogens with one attached hydrogen (secondary N) is 1. The summed E-state index contributed by atoms with van der Waals surface area (Å²) in [4.78, 5) is 14.8. The monoisotopic (exact) mass is 405 g/mol. The topological polar surface area (TPSA) is 95.1 Å². The second-order valence-corrected chi connectivity index (χ2v) is 6.39. The van der Waals surface area contributed by atoms with Crippen molar-refractivity contribution in [3.05, 3.63) is 44.5 Å². The lowest BCUT2D eigenvalue weighted by molar-refractivity contribution is -0.384. The number of fused-ring (bicyclic) bond motifs is 1. The smallest absolute Gasteiger partial charge is 0.377 e. The fraction of sp³-hybridized carbons (Fsp3) is 0.467. The van der Waals surface area contributed by atoms with E-state index in [4.69, 9.17) is 16.3 Å². The van der Waals surface area contributed by atoms with E-state index < -0.39 is 33.4 Å². The number of aryl methyl sites for hydroxylation is 1. The number of methoxy groups -OCH3 is 1. The van der Waals surface area contributed by atoms with E-state index in [1.807, 2.05) is 0 Å². The summed E-state index contributed by atoms with van der Waals surface area (Å²) in [6.45, 7) is 0.832. The van der Waals surface area contributed by atoms with E-state index in [0.29, 0.717) is 30.7 Å². The Balaban J connectivity index is 1.97. The van der Waals surface area contributed by atoms with E-state index in [1.54, 1.807) is 4.68 Å². The van der Waals surface area contributed by atoms with Crippen molar-refractivity contribution in [3.63, 3.8) is 0 Å². The summed E-state index contributed by atoms with van der Waals surface area (Å²) in [5.74, 6) is 1.000. The third-order valence-corrected chi connectivity index (χ3v) is 4.42. The van der Waals surface area contributed by atoms with Crippen LogP contribution in [0.3, 0.4) is 0 Å². The van der Waals surface area contributed by atoms with E-state index in [2.05, 4.69) is 15.4 Å². The minimum absolute atomic E-state index is 0.104. The molecule has 0 spiro atoms. The lowest BCUT2D eigenvalue weighted by Gasteiger charge is -2.24. The fourth-order valence-corrected chi connectivity index (χ4v) is 3.23. The Hall–Kier alpha value is -2.40. The van der Waals surface area contributed by atoms with Crippen molar-refractivity contribution in [1.82, 2.24) is 14.8 Å². The molecule has 0 saturated heterocycles. The van der Waals surface area contributed by atoms with Gasteiger partial charge >= 0.3 is 6.18 Å². The number of nitro benzene ring substituents is 1. The van der Waals surface area contributed by atoms with E-state index >= 15 is 0 Å². The summed E-state index contributed by atoms with van der Waals surface area (Å²) < 4.78 is 45.6. The molecule has 0 radical (unpaired) electrons. The van der Waals surface area contributed by atoms with E-state index in [9.17, 15) is 23.3 Å². The number of benzene rings is 1. The van der Waals surface area contributed by atoms with Crippen LogP contribution in [0.1, 0.15) is 36.1 Å². The van der Waals surface area contributed by atoms with Crippen LogP contribution in [-0.4, -0.2) is 26.8 Å². The highest BCUT2D eigenvalue weighted by molar-refractivity contribution is 6.31. The quantitative estimate of drug-likeness (QED) is 0.597. The largest absolute Gasteiger partial charge is 0.418 e. The van der Waals surface area contributed by atoms with Gasteiger partial charge in [-0.15, -0.1) is 0 Å². The molecular formula is C15H15ClF3N5O3. The molecule has 1 N–H and O–H groups in total. The van der Waals surface area contributed by atoms with Gasteiger partial charge in [-0.1, -0.05) is 11.6 Å². The SMILES string of the molecule is COCc1nc2n(n1)CCCC2Nc1cc(Cl)c(C(F)(F)F)cc1[N+](=O)[O-]. The Morgan fingerprint density at radius 1 is 1.48 bits per heavy atom. The molecule has 1 unspecified atom stereocenters. The zero-order chi connectivity index (χ0) is 19.8. The van der Waals surface area contributed by atoms with Crippen LogP contribution in [0.25, 0.3) is 0 Å². The Labute approximate surface area is 156 Å². The molecule has 27 heavy (non-hydrogen) atoms. The van der Waals surface area contributed by atoms with Gasteiger partial charge in [-0.25, -0.2) is 9.67 Å². The van der Waals surface area contributed by atoms with Gasteiger partial charge in [0.1, 0.15) is 18.1 Å². The molecule has 1 aliphatic rings. The van der Waals surface area contributed by atoms with Crippen LogP contribution in [0.2, 0.25) is 5.02 Å². The highest BCUT2D eigenvalue weighted by atomic mass is 35.5. The summed E-state index contributed by atoms with van der Waals surface area (Å²) >= 11 is 5.72. The molecule has 0 fully saturated rings. The lowest BCUT2D eigenvalue weighted by Crippen LogP contribution is -2.23. The van der Waals surface area contributed by atoms with Gasteiger partial charge < -0.3 is 10.1 Å². The first-order chi connectivity index (χ1) is 12.7. The molecule has 1 atom stereocenters. The number of nitro groups is 1. The van der Waals surface area contributed by atoms with Crippen molar-refractivity contribution < 1.29 is 22.8 Å². The molecule has 1 aromatic carbocycles. The first-order valence-corrected chi connectivity index (χ1v) is 8.32. The van der Waals surface area contributed by atoms with E-state index in [-0.39, 0.29) is 12.3 Å². The molecule has 2 heterocycles. The number of anilines is 1. The van der Waals surface area contributed by atoms with Crippen LogP contribution < -0.4 is 5.32 Å². The van der Waals surface area contributed by atoms with Crippen LogP contribution in [-0.2, 0) is 24.1 Å². The predicted molar refractivity (Wildman–Crippen MR) is 89.4 cm³/mol. The molecular weight excluding hydrogens is 391 g/mol. The zero-order valence-electron chi connectivity index (χ0n) is 14.1. The summed E-state index contributed by atoms with van der Waals surface area (Å²) in [7, 11) is 1.50. The number of rotatable bonds is 5. The maximum Gasteiger partial charge on any atom is 0.418 e. The van der Waals surface area contributed by atoms with Gasteiger partial charge in [0.2, 0.25) is 0 Å². The maximum atomic E-state index is 13.0. The van der Waals surface area contributed by atoms with Crippen LogP contribution >= 0.6 is 11.6 Å². The molecule has 8 nitrogen and oxygen atoms in total. The van der Waals surface area contributed by atoms with Gasteiger partial charge in [-0.2, -0.15) is 18.3 Å². The minimum Gasteiger partial charge on any atom is -0.377 e. The van der Waals surface area contributed by atoms with Gasteiger partial charge in [0.25, 0.3) is 5.69 Å². The Morgan fingerprint density at radius 3 is 2.85 bits per heavy atom. The summed E-state index contributed by atoms with van der Waals surface area (Å²) in [6, 6.07) is 0.908. The average molecular weight is 406 g/mol. The molecule has 1 aliphatic heterocycles. The second-order valence-electron chi connectivity index (χ2n) is 5.99. The first kappa shape index (κ1) is 19.4. The van der Waals surface area contributed by atoms with Gasteiger partial charge in [-0.3, -0.25) is 10.1 Å². The number of nitrogens with zero attached hydrogens (tertiary/aromatic N) is 4. The number of halogens is 4. The molecule has 0 amide bonds. The van der Waals surface area contributed by atoms with Gasteiger partial charge in [0.15, 0.2) is 5.82 Å². The average Bonchev–Trinajstić information content (AvgIpc) is 2.97. The number of hydrogen-bond donors (Lipinski definition) is 1. The van der Waals surface area contributed by atoms with Crippen molar-refractivity contribution in [2.24, 2.45) is 0 Å². The van der Waals surface area contributed by atoms with Gasteiger partial charge in [-0.05, 0) is 18.9 Å². The van der Waals surface area contributed by atoms with Crippen molar-refractivity contribution in [2.75, 3.05) is 12.4 Å². The minimum atomic E-state index is -4.79. The van der Waals surface area contributed by atoms with Crippen LogP contribution in [0.15, 0.2) is 12.1 Å². The third-order valence-electron chi connectivity index (χ3n) is 4.11. The van der Waals surface area contributed by atoms with Crippen molar-refractivity contribution >= 4 is 23.0 Å². The molecule has 2 aromatic rings. The van der Waals surface area contributed by atoms with Crippen LogP contribution in [0.4, 0.5) is 24.5 Å². The number of alkyl halides is 3. The second kappa shape index (κ2) is 7.31. The fourth-order valence-electron chi connectivity index (χ4n) is 2.96. The molecule has 0 aliphatic carbocycles. The van der Waals surface area contributed by atoms with Crippen molar-refractivity contribution in [3.8, 4) is 0 Å². The Morgan fingerprint density at radius 2 is 2.22 bits per heavy atom. The summed E-state index contributed by atoms with van der Waals surface area (Å²) in [5.41, 5.74) is -2.07. The highest BCUT2D eigenvalue weighted by Crippen LogP contribution is 2.41. The standard InChI is InChI=1S/C15H15ClF3N5O3/c1-27-7-13-21-14-10(3-2-4-23(14)22-13)20-11-6-9(16)8(15(17,18)19)5-12(11)24(25)26/h5-6,10,20H,2-4,7H2,1H3. The number of ether oxygens (including phenoxy) is 1. The summed E-state index contributed by atoms with van der Waals surface area (Å²) in [6.07, 6.45) is -3.48.